The third-order valence-corrected chi connectivity index (χ3v) is 3.15. The van der Waals surface area contributed by atoms with Crippen molar-refractivity contribution >= 4 is 29.0 Å². The van der Waals surface area contributed by atoms with Crippen molar-refractivity contribution in [2.75, 3.05) is 6.61 Å². The highest BCUT2D eigenvalue weighted by atomic mass is 35.5. The minimum absolute atomic E-state index is 0.116. The van der Waals surface area contributed by atoms with Gasteiger partial charge in [-0.2, -0.15) is 0 Å². The molecular formula is C16H10Cl2O2. The van der Waals surface area contributed by atoms with Crippen LogP contribution in [-0.2, 0) is 0 Å². The molecule has 0 aliphatic carbocycles. The summed E-state index contributed by atoms with van der Waals surface area (Å²) in [5, 5.41) is 0.790. The second kappa shape index (κ2) is 6.47. The lowest BCUT2D eigenvalue weighted by atomic mass is 10.1. The monoisotopic (exact) mass is 304 g/mol. The molecule has 0 unspecified atom stereocenters. The van der Waals surface area contributed by atoms with Crippen LogP contribution in [0.25, 0.3) is 0 Å². The SMILES string of the molecule is C#Cc1cccc(OCC(=O)c2ccc(Cl)cc2Cl)c1. The van der Waals surface area contributed by atoms with Crippen LogP contribution in [-0.4, -0.2) is 12.4 Å². The number of halogens is 2. The van der Waals surface area contributed by atoms with Gasteiger partial charge in [-0.15, -0.1) is 6.42 Å². The van der Waals surface area contributed by atoms with Crippen molar-refractivity contribution in [1.82, 2.24) is 0 Å². The summed E-state index contributed by atoms with van der Waals surface area (Å²) >= 11 is 11.7. The number of terminal acetylenes is 1. The molecule has 0 fully saturated rings. The van der Waals surface area contributed by atoms with Crippen molar-refractivity contribution in [2.24, 2.45) is 0 Å². The lowest BCUT2D eigenvalue weighted by molar-refractivity contribution is 0.0921. The number of hydrogen-bond donors (Lipinski definition) is 0. The average molecular weight is 305 g/mol. The van der Waals surface area contributed by atoms with Crippen molar-refractivity contribution in [1.29, 1.82) is 0 Å². The highest BCUT2D eigenvalue weighted by molar-refractivity contribution is 6.36. The molecule has 0 N–H and O–H groups in total. The lowest BCUT2D eigenvalue weighted by Crippen LogP contribution is -2.12. The van der Waals surface area contributed by atoms with Gasteiger partial charge in [0.05, 0.1) is 5.02 Å². The number of hydrogen-bond acceptors (Lipinski definition) is 2. The van der Waals surface area contributed by atoms with E-state index in [2.05, 4.69) is 5.92 Å². The largest absolute Gasteiger partial charge is 0.485 e. The maximum atomic E-state index is 12.0. The van der Waals surface area contributed by atoms with E-state index < -0.39 is 0 Å². The third-order valence-electron chi connectivity index (χ3n) is 2.60. The minimum atomic E-state index is -0.224. The van der Waals surface area contributed by atoms with E-state index in [4.69, 9.17) is 34.4 Å². The summed E-state index contributed by atoms with van der Waals surface area (Å²) in [7, 11) is 0. The van der Waals surface area contributed by atoms with Gasteiger partial charge in [0.25, 0.3) is 0 Å². The standard InChI is InChI=1S/C16H10Cl2O2/c1-2-11-4-3-5-13(8-11)20-10-16(19)14-7-6-12(17)9-15(14)18/h1,3-9H,10H2. The molecule has 0 saturated carbocycles. The number of Topliss-reactive ketones (excluding diaryl/α,β-unsaturated/α-hetero) is 1. The summed E-state index contributed by atoms with van der Waals surface area (Å²) in [6.45, 7) is -0.116. The second-order valence-corrected chi connectivity index (χ2v) is 4.85. The van der Waals surface area contributed by atoms with Crippen molar-refractivity contribution in [3.63, 3.8) is 0 Å². The zero-order valence-corrected chi connectivity index (χ0v) is 11.9. The zero-order chi connectivity index (χ0) is 14.5. The van der Waals surface area contributed by atoms with E-state index >= 15 is 0 Å². The first-order valence-corrected chi connectivity index (χ1v) is 6.53. The van der Waals surface area contributed by atoms with Crippen molar-refractivity contribution in [3.05, 3.63) is 63.6 Å². The van der Waals surface area contributed by atoms with Crippen molar-refractivity contribution in [3.8, 4) is 18.1 Å². The van der Waals surface area contributed by atoms with Gasteiger partial charge < -0.3 is 4.74 Å². The van der Waals surface area contributed by atoms with Crippen LogP contribution in [0.15, 0.2) is 42.5 Å². The van der Waals surface area contributed by atoms with Crippen molar-refractivity contribution in [2.45, 2.75) is 0 Å². The summed E-state index contributed by atoms with van der Waals surface area (Å²) in [6.07, 6.45) is 5.30. The predicted molar refractivity (Wildman–Crippen MR) is 80.7 cm³/mol. The van der Waals surface area contributed by atoms with E-state index in [-0.39, 0.29) is 12.4 Å². The molecule has 0 aliphatic heterocycles. The smallest absolute Gasteiger partial charge is 0.201 e. The normalized spacial score (nSPS) is 9.85. The molecule has 2 aromatic carbocycles. The second-order valence-electron chi connectivity index (χ2n) is 4.01. The van der Waals surface area contributed by atoms with Gasteiger partial charge in [-0.1, -0.05) is 35.2 Å². The quantitative estimate of drug-likeness (QED) is 0.624. The fourth-order valence-corrected chi connectivity index (χ4v) is 2.13. The van der Waals surface area contributed by atoms with Crippen LogP contribution >= 0.6 is 23.2 Å². The first-order chi connectivity index (χ1) is 9.60. The molecule has 100 valence electrons. The Hall–Kier alpha value is -1.95. The summed E-state index contributed by atoms with van der Waals surface area (Å²) in [5.74, 6) is 2.82. The van der Waals surface area contributed by atoms with Crippen LogP contribution in [0.5, 0.6) is 5.75 Å². The number of carbonyl (C=O) groups is 1. The van der Waals surface area contributed by atoms with Gasteiger partial charge in [-0.05, 0) is 36.4 Å². The lowest BCUT2D eigenvalue weighted by Gasteiger charge is -2.07. The highest BCUT2D eigenvalue weighted by Crippen LogP contribution is 2.22. The zero-order valence-electron chi connectivity index (χ0n) is 10.4. The predicted octanol–water partition coefficient (Wildman–Crippen LogP) is 4.24. The fourth-order valence-electron chi connectivity index (χ4n) is 1.62. The topological polar surface area (TPSA) is 26.3 Å². The number of ketones is 1. The molecule has 0 atom stereocenters. The molecule has 0 saturated heterocycles. The van der Waals surface area contributed by atoms with Gasteiger partial charge in [0, 0.05) is 16.1 Å². The molecule has 2 nitrogen and oxygen atoms in total. The van der Waals surface area contributed by atoms with Gasteiger partial charge in [0.1, 0.15) is 5.75 Å². The van der Waals surface area contributed by atoms with E-state index in [0.717, 1.165) is 0 Å². The Morgan fingerprint density at radius 3 is 2.70 bits per heavy atom. The van der Waals surface area contributed by atoms with Gasteiger partial charge in [-0.3, -0.25) is 4.79 Å². The number of carbonyl (C=O) groups excluding carboxylic acids is 1. The van der Waals surface area contributed by atoms with E-state index in [1.54, 1.807) is 36.4 Å². The van der Waals surface area contributed by atoms with Crippen LogP contribution in [0.1, 0.15) is 15.9 Å². The van der Waals surface area contributed by atoms with E-state index in [9.17, 15) is 4.79 Å². The molecule has 0 heterocycles. The van der Waals surface area contributed by atoms with Crippen LogP contribution in [0.4, 0.5) is 0 Å². The van der Waals surface area contributed by atoms with E-state index in [1.165, 1.54) is 6.07 Å². The first-order valence-electron chi connectivity index (χ1n) is 5.78. The molecule has 2 rings (SSSR count). The third kappa shape index (κ3) is 3.54. The van der Waals surface area contributed by atoms with Gasteiger partial charge >= 0.3 is 0 Å². The Bertz CT molecular complexity index is 687. The molecule has 4 heteroatoms. The fraction of sp³-hybridized carbons (Fsp3) is 0.0625. The average Bonchev–Trinajstić information content (AvgIpc) is 2.45. The maximum absolute atomic E-state index is 12.0. The van der Waals surface area contributed by atoms with Crippen LogP contribution in [0, 0.1) is 12.3 Å². The Morgan fingerprint density at radius 1 is 1.20 bits per heavy atom. The van der Waals surface area contributed by atoms with Crippen LogP contribution in [0.2, 0.25) is 10.0 Å². The number of ether oxygens (including phenoxy) is 1. The molecule has 0 aromatic heterocycles. The van der Waals surface area contributed by atoms with E-state index in [0.29, 0.717) is 26.9 Å². The van der Waals surface area contributed by atoms with E-state index in [1.807, 2.05) is 0 Å². The number of rotatable bonds is 4. The van der Waals surface area contributed by atoms with Crippen molar-refractivity contribution < 1.29 is 9.53 Å². The highest BCUT2D eigenvalue weighted by Gasteiger charge is 2.11. The molecule has 20 heavy (non-hydrogen) atoms. The molecule has 0 bridgehead atoms. The Kier molecular flexibility index (Phi) is 4.68. The molecule has 2 aromatic rings. The molecule has 0 amide bonds. The van der Waals surface area contributed by atoms with Gasteiger partial charge in [0.15, 0.2) is 6.61 Å². The summed E-state index contributed by atoms with van der Waals surface area (Å²) < 4.78 is 5.41. The Balaban J connectivity index is 2.07. The Morgan fingerprint density at radius 2 is 2.00 bits per heavy atom. The first kappa shape index (κ1) is 14.5. The number of benzene rings is 2. The summed E-state index contributed by atoms with van der Waals surface area (Å²) in [6, 6.07) is 11.7. The Labute approximate surface area is 127 Å². The summed E-state index contributed by atoms with van der Waals surface area (Å²) in [5.41, 5.74) is 1.07. The minimum Gasteiger partial charge on any atom is -0.485 e. The molecule has 0 spiro atoms. The maximum Gasteiger partial charge on any atom is 0.201 e. The van der Waals surface area contributed by atoms with Crippen LogP contribution < -0.4 is 4.74 Å². The summed E-state index contributed by atoms with van der Waals surface area (Å²) in [4.78, 5) is 12.0. The van der Waals surface area contributed by atoms with Gasteiger partial charge in [0.2, 0.25) is 5.78 Å². The molecule has 0 aliphatic rings. The van der Waals surface area contributed by atoms with Crippen LogP contribution in [0.3, 0.4) is 0 Å². The van der Waals surface area contributed by atoms with Gasteiger partial charge in [-0.25, -0.2) is 0 Å². The molecule has 0 radical (unpaired) electrons. The molecular weight excluding hydrogens is 295 g/mol.